The van der Waals surface area contributed by atoms with E-state index in [0.717, 1.165) is 5.56 Å². The Morgan fingerprint density at radius 3 is 2.56 bits per heavy atom. The summed E-state index contributed by atoms with van der Waals surface area (Å²) in [5.41, 5.74) is 6.61. The molecule has 0 spiro atoms. The van der Waals surface area contributed by atoms with Crippen molar-refractivity contribution < 1.29 is 9.90 Å². The van der Waals surface area contributed by atoms with Crippen LogP contribution in [0, 0.1) is 0 Å². The lowest BCUT2D eigenvalue weighted by atomic mass is 10.2. The SMILES string of the molecule is C[C@@H](N)CCN(Cc1ccccc1)C(=O)O. The number of nitrogens with zero attached hydrogens (tertiary/aromatic N) is 1. The number of rotatable bonds is 5. The fraction of sp³-hybridized carbons (Fsp3) is 0.417. The second-order valence-corrected chi connectivity index (χ2v) is 3.96. The standard InChI is InChI=1S/C12H18N2O2/c1-10(13)7-8-14(12(15)16)9-11-5-3-2-4-6-11/h2-6,10H,7-9,13H2,1H3,(H,15,16)/t10-/m1/s1. The van der Waals surface area contributed by atoms with Crippen molar-refractivity contribution >= 4 is 6.09 Å². The van der Waals surface area contributed by atoms with E-state index >= 15 is 0 Å². The normalized spacial score (nSPS) is 12.1. The van der Waals surface area contributed by atoms with Crippen LogP contribution in [0.1, 0.15) is 18.9 Å². The summed E-state index contributed by atoms with van der Waals surface area (Å²) in [6.45, 7) is 2.77. The summed E-state index contributed by atoms with van der Waals surface area (Å²) in [5, 5.41) is 9.03. The van der Waals surface area contributed by atoms with Crippen LogP contribution in [0.3, 0.4) is 0 Å². The Kier molecular flexibility index (Phi) is 4.79. The Labute approximate surface area is 95.7 Å². The van der Waals surface area contributed by atoms with E-state index in [1.807, 2.05) is 37.3 Å². The summed E-state index contributed by atoms with van der Waals surface area (Å²) < 4.78 is 0. The molecule has 1 amide bonds. The molecule has 0 aliphatic rings. The van der Waals surface area contributed by atoms with Gasteiger partial charge in [0.05, 0.1) is 0 Å². The number of carbonyl (C=O) groups is 1. The molecule has 0 radical (unpaired) electrons. The minimum Gasteiger partial charge on any atom is -0.465 e. The van der Waals surface area contributed by atoms with E-state index in [9.17, 15) is 4.79 Å². The fourth-order valence-corrected chi connectivity index (χ4v) is 1.41. The van der Waals surface area contributed by atoms with Gasteiger partial charge in [0.25, 0.3) is 0 Å². The van der Waals surface area contributed by atoms with Gasteiger partial charge in [-0.3, -0.25) is 0 Å². The summed E-state index contributed by atoms with van der Waals surface area (Å²) in [6.07, 6.45) is -0.219. The van der Waals surface area contributed by atoms with Crippen LogP contribution in [0.2, 0.25) is 0 Å². The minimum absolute atomic E-state index is 0.0256. The Balaban J connectivity index is 2.55. The van der Waals surface area contributed by atoms with Gasteiger partial charge in [-0.2, -0.15) is 0 Å². The van der Waals surface area contributed by atoms with E-state index in [2.05, 4.69) is 0 Å². The molecular weight excluding hydrogens is 204 g/mol. The molecule has 0 saturated carbocycles. The summed E-state index contributed by atoms with van der Waals surface area (Å²) >= 11 is 0. The second-order valence-electron chi connectivity index (χ2n) is 3.96. The zero-order chi connectivity index (χ0) is 12.0. The van der Waals surface area contributed by atoms with Crippen molar-refractivity contribution in [3.05, 3.63) is 35.9 Å². The van der Waals surface area contributed by atoms with E-state index < -0.39 is 6.09 Å². The van der Waals surface area contributed by atoms with Gasteiger partial charge in [0.1, 0.15) is 0 Å². The van der Waals surface area contributed by atoms with E-state index in [1.165, 1.54) is 4.90 Å². The van der Waals surface area contributed by atoms with Crippen LogP contribution in [0.25, 0.3) is 0 Å². The van der Waals surface area contributed by atoms with Crippen LogP contribution in [-0.2, 0) is 6.54 Å². The quantitative estimate of drug-likeness (QED) is 0.799. The minimum atomic E-state index is -0.899. The molecule has 1 aromatic carbocycles. The highest BCUT2D eigenvalue weighted by atomic mass is 16.4. The number of hydrogen-bond donors (Lipinski definition) is 2. The van der Waals surface area contributed by atoms with Crippen molar-refractivity contribution in [3.63, 3.8) is 0 Å². The Hall–Kier alpha value is -1.55. The van der Waals surface area contributed by atoms with Gasteiger partial charge >= 0.3 is 6.09 Å². The molecule has 0 aliphatic carbocycles. The van der Waals surface area contributed by atoms with Crippen LogP contribution >= 0.6 is 0 Å². The molecule has 16 heavy (non-hydrogen) atoms. The molecule has 4 heteroatoms. The van der Waals surface area contributed by atoms with Gasteiger partial charge in [0, 0.05) is 19.1 Å². The summed E-state index contributed by atoms with van der Waals surface area (Å²) in [5.74, 6) is 0. The molecule has 1 rings (SSSR count). The first-order valence-electron chi connectivity index (χ1n) is 5.37. The highest BCUT2D eigenvalue weighted by molar-refractivity contribution is 5.64. The number of nitrogens with two attached hydrogens (primary N) is 1. The first-order chi connectivity index (χ1) is 7.59. The second kappa shape index (κ2) is 6.12. The van der Waals surface area contributed by atoms with Crippen LogP contribution in [0.15, 0.2) is 30.3 Å². The maximum atomic E-state index is 11.0. The molecule has 0 bridgehead atoms. The largest absolute Gasteiger partial charge is 0.465 e. The van der Waals surface area contributed by atoms with Gasteiger partial charge in [-0.25, -0.2) is 4.79 Å². The lowest BCUT2D eigenvalue weighted by Crippen LogP contribution is -2.33. The van der Waals surface area contributed by atoms with Crippen molar-refractivity contribution in [1.82, 2.24) is 4.90 Å². The van der Waals surface area contributed by atoms with Gasteiger partial charge in [-0.05, 0) is 18.9 Å². The Morgan fingerprint density at radius 1 is 1.44 bits per heavy atom. The maximum Gasteiger partial charge on any atom is 0.407 e. The molecule has 0 aromatic heterocycles. The Bertz CT molecular complexity index is 325. The van der Waals surface area contributed by atoms with E-state index in [-0.39, 0.29) is 6.04 Å². The number of carboxylic acid groups (broad SMARTS) is 1. The van der Waals surface area contributed by atoms with Gasteiger partial charge in [0.2, 0.25) is 0 Å². The monoisotopic (exact) mass is 222 g/mol. The van der Waals surface area contributed by atoms with E-state index in [1.54, 1.807) is 0 Å². The fourth-order valence-electron chi connectivity index (χ4n) is 1.41. The average molecular weight is 222 g/mol. The van der Waals surface area contributed by atoms with E-state index in [0.29, 0.717) is 19.5 Å². The van der Waals surface area contributed by atoms with Gasteiger partial charge < -0.3 is 15.7 Å². The molecule has 0 fully saturated rings. The third kappa shape index (κ3) is 4.31. The molecule has 1 atom stereocenters. The molecular formula is C12H18N2O2. The summed E-state index contributed by atoms with van der Waals surface area (Å²) in [6, 6.07) is 9.58. The summed E-state index contributed by atoms with van der Waals surface area (Å²) in [7, 11) is 0. The zero-order valence-corrected chi connectivity index (χ0v) is 9.47. The lowest BCUT2D eigenvalue weighted by Gasteiger charge is -2.20. The highest BCUT2D eigenvalue weighted by Gasteiger charge is 2.12. The lowest BCUT2D eigenvalue weighted by molar-refractivity contribution is 0.141. The number of benzene rings is 1. The van der Waals surface area contributed by atoms with Crippen LogP contribution < -0.4 is 5.73 Å². The Morgan fingerprint density at radius 2 is 2.06 bits per heavy atom. The first kappa shape index (κ1) is 12.5. The van der Waals surface area contributed by atoms with Crippen molar-refractivity contribution in [1.29, 1.82) is 0 Å². The molecule has 0 unspecified atom stereocenters. The predicted molar refractivity (Wildman–Crippen MR) is 63.1 cm³/mol. The van der Waals surface area contributed by atoms with Crippen LogP contribution in [0.5, 0.6) is 0 Å². The molecule has 0 saturated heterocycles. The number of amides is 1. The third-order valence-electron chi connectivity index (χ3n) is 2.34. The molecule has 4 nitrogen and oxygen atoms in total. The maximum absolute atomic E-state index is 11.0. The predicted octanol–water partition coefficient (Wildman–Crippen LogP) is 1.90. The van der Waals surface area contributed by atoms with Crippen LogP contribution in [0.4, 0.5) is 4.79 Å². The molecule has 3 N–H and O–H groups in total. The van der Waals surface area contributed by atoms with E-state index in [4.69, 9.17) is 10.8 Å². The van der Waals surface area contributed by atoms with Gasteiger partial charge in [-0.15, -0.1) is 0 Å². The summed E-state index contributed by atoms with van der Waals surface area (Å²) in [4.78, 5) is 12.4. The van der Waals surface area contributed by atoms with Gasteiger partial charge in [-0.1, -0.05) is 30.3 Å². The molecule has 0 heterocycles. The molecule has 88 valence electrons. The topological polar surface area (TPSA) is 66.6 Å². The van der Waals surface area contributed by atoms with Crippen molar-refractivity contribution in [2.24, 2.45) is 5.73 Å². The first-order valence-corrected chi connectivity index (χ1v) is 5.37. The highest BCUT2D eigenvalue weighted by Crippen LogP contribution is 2.05. The third-order valence-corrected chi connectivity index (χ3v) is 2.34. The smallest absolute Gasteiger partial charge is 0.407 e. The molecule has 0 aliphatic heterocycles. The number of hydrogen-bond acceptors (Lipinski definition) is 2. The molecule has 1 aromatic rings. The van der Waals surface area contributed by atoms with Crippen molar-refractivity contribution in [2.45, 2.75) is 25.9 Å². The average Bonchev–Trinajstić information content (AvgIpc) is 2.25. The van der Waals surface area contributed by atoms with Crippen LogP contribution in [-0.4, -0.2) is 28.7 Å². The van der Waals surface area contributed by atoms with Crippen molar-refractivity contribution in [2.75, 3.05) is 6.54 Å². The van der Waals surface area contributed by atoms with Crippen molar-refractivity contribution in [3.8, 4) is 0 Å². The zero-order valence-electron chi connectivity index (χ0n) is 9.47. The van der Waals surface area contributed by atoms with Gasteiger partial charge in [0.15, 0.2) is 0 Å².